The van der Waals surface area contributed by atoms with E-state index in [1.807, 2.05) is 20.8 Å². The van der Waals surface area contributed by atoms with E-state index in [4.69, 9.17) is 21.1 Å². The van der Waals surface area contributed by atoms with Crippen molar-refractivity contribution in [3.63, 3.8) is 0 Å². The fourth-order valence-electron chi connectivity index (χ4n) is 0.924. The van der Waals surface area contributed by atoms with Gasteiger partial charge in [-0.2, -0.15) is 0 Å². The second kappa shape index (κ2) is 4.77. The van der Waals surface area contributed by atoms with Gasteiger partial charge in [-0.3, -0.25) is 5.43 Å². The lowest BCUT2D eigenvalue weighted by Crippen LogP contribution is -2.41. The average molecular weight is 233 g/mol. The van der Waals surface area contributed by atoms with Crippen LogP contribution in [0.2, 0.25) is 0 Å². The van der Waals surface area contributed by atoms with Crippen molar-refractivity contribution in [3.05, 3.63) is 23.2 Å². The molecule has 0 aliphatic carbocycles. The van der Waals surface area contributed by atoms with Crippen molar-refractivity contribution >= 4 is 11.6 Å². The van der Waals surface area contributed by atoms with Gasteiger partial charge in [-0.25, -0.2) is 5.01 Å². The highest BCUT2D eigenvalue weighted by atomic mass is 35.5. The van der Waals surface area contributed by atoms with Crippen molar-refractivity contribution in [2.45, 2.75) is 26.4 Å². The van der Waals surface area contributed by atoms with E-state index in [1.54, 1.807) is 24.3 Å². The SMILES string of the molecule is COC1=CC=C(Cl)N(COC(C)(C)C)N1. The third-order valence-electron chi connectivity index (χ3n) is 1.72. The molecule has 0 amide bonds. The Labute approximate surface area is 95.4 Å². The van der Waals surface area contributed by atoms with E-state index in [0.717, 1.165) is 0 Å². The van der Waals surface area contributed by atoms with Crippen molar-refractivity contribution in [2.24, 2.45) is 0 Å². The molecule has 0 saturated heterocycles. The summed E-state index contributed by atoms with van der Waals surface area (Å²) in [6.07, 6.45) is 3.51. The predicted octanol–water partition coefficient (Wildman–Crippen LogP) is 2.15. The summed E-state index contributed by atoms with van der Waals surface area (Å²) < 4.78 is 10.6. The maximum absolute atomic E-state index is 5.98. The first-order valence-corrected chi connectivity index (χ1v) is 5.10. The molecule has 0 aromatic carbocycles. The minimum absolute atomic E-state index is 0.201. The number of hydrazine groups is 1. The van der Waals surface area contributed by atoms with E-state index < -0.39 is 0 Å². The highest BCUT2D eigenvalue weighted by Gasteiger charge is 2.17. The zero-order valence-electron chi connectivity index (χ0n) is 9.50. The van der Waals surface area contributed by atoms with Gasteiger partial charge < -0.3 is 9.47 Å². The van der Waals surface area contributed by atoms with Gasteiger partial charge >= 0.3 is 0 Å². The monoisotopic (exact) mass is 232 g/mol. The van der Waals surface area contributed by atoms with Gasteiger partial charge in [0.25, 0.3) is 0 Å². The summed E-state index contributed by atoms with van der Waals surface area (Å²) in [4.78, 5) is 0. The molecule has 0 saturated carbocycles. The molecule has 86 valence electrons. The Bertz CT molecular complexity index is 282. The Morgan fingerprint density at radius 2 is 2.07 bits per heavy atom. The Balaban J connectivity index is 2.51. The fourth-order valence-corrected chi connectivity index (χ4v) is 1.08. The summed E-state index contributed by atoms with van der Waals surface area (Å²) in [6, 6.07) is 0. The van der Waals surface area contributed by atoms with Crippen molar-refractivity contribution in [2.75, 3.05) is 13.8 Å². The lowest BCUT2D eigenvalue weighted by atomic mass is 10.2. The Morgan fingerprint density at radius 1 is 1.40 bits per heavy atom. The molecular weight excluding hydrogens is 216 g/mol. The van der Waals surface area contributed by atoms with Crippen LogP contribution in [0.3, 0.4) is 0 Å². The molecule has 0 radical (unpaired) electrons. The summed E-state index contributed by atoms with van der Waals surface area (Å²) in [5, 5.41) is 2.24. The topological polar surface area (TPSA) is 33.7 Å². The second-order valence-corrected chi connectivity index (χ2v) is 4.54. The van der Waals surface area contributed by atoms with E-state index in [-0.39, 0.29) is 5.60 Å². The third kappa shape index (κ3) is 4.01. The van der Waals surface area contributed by atoms with Crippen LogP contribution in [-0.4, -0.2) is 24.5 Å². The number of ether oxygens (including phenoxy) is 2. The van der Waals surface area contributed by atoms with Crippen LogP contribution in [0.4, 0.5) is 0 Å². The molecule has 5 heteroatoms. The van der Waals surface area contributed by atoms with Gasteiger partial charge in [0, 0.05) is 6.08 Å². The molecule has 0 aromatic rings. The Hall–Kier alpha value is -0.870. The van der Waals surface area contributed by atoms with Crippen LogP contribution in [-0.2, 0) is 9.47 Å². The number of hydrogen-bond acceptors (Lipinski definition) is 4. The Morgan fingerprint density at radius 3 is 2.60 bits per heavy atom. The van der Waals surface area contributed by atoms with Crippen molar-refractivity contribution < 1.29 is 9.47 Å². The number of nitrogens with one attached hydrogen (secondary N) is 1. The highest BCUT2D eigenvalue weighted by molar-refractivity contribution is 6.29. The molecule has 1 aliphatic rings. The van der Waals surface area contributed by atoms with Crippen LogP contribution in [0.1, 0.15) is 20.8 Å². The molecule has 1 aliphatic heterocycles. The fraction of sp³-hybridized carbons (Fsp3) is 0.600. The van der Waals surface area contributed by atoms with Gasteiger partial charge in [-0.1, -0.05) is 11.6 Å². The lowest BCUT2D eigenvalue weighted by molar-refractivity contribution is -0.0667. The van der Waals surface area contributed by atoms with Crippen LogP contribution in [0.25, 0.3) is 0 Å². The molecule has 0 spiro atoms. The van der Waals surface area contributed by atoms with Gasteiger partial charge in [0.1, 0.15) is 11.9 Å². The first-order valence-electron chi connectivity index (χ1n) is 4.72. The van der Waals surface area contributed by atoms with Gasteiger partial charge in [-0.05, 0) is 26.8 Å². The van der Waals surface area contributed by atoms with Crippen LogP contribution in [0.15, 0.2) is 23.2 Å². The zero-order chi connectivity index (χ0) is 11.5. The molecule has 15 heavy (non-hydrogen) atoms. The first kappa shape index (κ1) is 12.2. The van der Waals surface area contributed by atoms with Crippen LogP contribution >= 0.6 is 11.6 Å². The van der Waals surface area contributed by atoms with E-state index in [2.05, 4.69) is 5.43 Å². The van der Waals surface area contributed by atoms with Crippen LogP contribution in [0.5, 0.6) is 0 Å². The third-order valence-corrected chi connectivity index (χ3v) is 2.05. The molecule has 0 aromatic heterocycles. The number of rotatable bonds is 3. The number of allylic oxidation sites excluding steroid dienone is 2. The second-order valence-electron chi connectivity index (χ2n) is 4.15. The summed E-state index contributed by atoms with van der Waals surface area (Å²) in [6.45, 7) is 6.32. The minimum atomic E-state index is -0.201. The molecule has 1 heterocycles. The minimum Gasteiger partial charge on any atom is -0.481 e. The zero-order valence-corrected chi connectivity index (χ0v) is 10.3. The van der Waals surface area contributed by atoms with E-state index in [9.17, 15) is 0 Å². The predicted molar refractivity (Wildman–Crippen MR) is 59.7 cm³/mol. The van der Waals surface area contributed by atoms with Crippen molar-refractivity contribution in [3.8, 4) is 0 Å². The molecule has 0 fully saturated rings. The molecule has 0 unspecified atom stereocenters. The smallest absolute Gasteiger partial charge is 0.205 e. The van der Waals surface area contributed by atoms with Gasteiger partial charge in [-0.15, -0.1) is 0 Å². The molecule has 1 N–H and O–H groups in total. The molecule has 4 nitrogen and oxygen atoms in total. The van der Waals surface area contributed by atoms with Crippen molar-refractivity contribution in [1.82, 2.24) is 10.4 Å². The largest absolute Gasteiger partial charge is 0.481 e. The van der Waals surface area contributed by atoms with Crippen LogP contribution in [0, 0.1) is 0 Å². The van der Waals surface area contributed by atoms with E-state index >= 15 is 0 Å². The number of halogens is 1. The van der Waals surface area contributed by atoms with E-state index in [1.165, 1.54) is 0 Å². The summed E-state index contributed by atoms with van der Waals surface area (Å²) in [5.74, 6) is 0.636. The summed E-state index contributed by atoms with van der Waals surface area (Å²) >= 11 is 5.98. The van der Waals surface area contributed by atoms with Crippen LogP contribution < -0.4 is 5.43 Å². The quantitative estimate of drug-likeness (QED) is 0.756. The highest BCUT2D eigenvalue weighted by Crippen LogP contribution is 2.16. The van der Waals surface area contributed by atoms with E-state index in [0.29, 0.717) is 17.8 Å². The normalized spacial score (nSPS) is 16.7. The first-order chi connectivity index (χ1) is 6.92. The standard InChI is InChI=1S/C10H17ClN2O2/c1-10(2,3)15-7-13-8(11)5-6-9(12-13)14-4/h5-6,12H,7H2,1-4H3. The average Bonchev–Trinajstić information content (AvgIpc) is 2.15. The number of nitrogens with zero attached hydrogens (tertiary/aromatic N) is 1. The summed E-state index contributed by atoms with van der Waals surface area (Å²) in [7, 11) is 1.59. The molecular formula is C10H17ClN2O2. The molecule has 0 atom stereocenters. The summed E-state index contributed by atoms with van der Waals surface area (Å²) in [5.41, 5.74) is 2.77. The van der Waals surface area contributed by atoms with Crippen molar-refractivity contribution in [1.29, 1.82) is 0 Å². The maximum atomic E-state index is 5.98. The van der Waals surface area contributed by atoms with Gasteiger partial charge in [0.05, 0.1) is 12.7 Å². The van der Waals surface area contributed by atoms with Gasteiger partial charge in [0.15, 0.2) is 0 Å². The number of methoxy groups -OCH3 is 1. The molecule has 0 bridgehead atoms. The number of hydrogen-bond donors (Lipinski definition) is 1. The molecule has 1 rings (SSSR count). The maximum Gasteiger partial charge on any atom is 0.205 e. The lowest BCUT2D eigenvalue weighted by Gasteiger charge is -2.31. The Kier molecular flexibility index (Phi) is 3.88. The van der Waals surface area contributed by atoms with Gasteiger partial charge in [0.2, 0.25) is 5.88 Å².